The third-order valence-electron chi connectivity index (χ3n) is 4.44. The Morgan fingerprint density at radius 3 is 2.42 bits per heavy atom. The number of azo groups is 1. The number of anilines is 2. The minimum absolute atomic E-state index is 0.148. The fourth-order valence-corrected chi connectivity index (χ4v) is 2.77. The summed E-state index contributed by atoms with van der Waals surface area (Å²) in [6.45, 7) is -0.570. The Morgan fingerprint density at radius 1 is 1.00 bits per heavy atom. The van der Waals surface area contributed by atoms with Crippen molar-refractivity contribution in [2.24, 2.45) is 10.2 Å². The first-order chi connectivity index (χ1) is 15.8. The smallest absolute Gasteiger partial charge is 0.340 e. The van der Waals surface area contributed by atoms with Crippen LogP contribution in [0.25, 0.3) is 0 Å². The van der Waals surface area contributed by atoms with Crippen molar-refractivity contribution in [3.63, 3.8) is 0 Å². The van der Waals surface area contributed by atoms with Crippen LogP contribution in [0.5, 0.6) is 0 Å². The molecule has 0 spiro atoms. The van der Waals surface area contributed by atoms with E-state index in [4.69, 9.17) is 4.74 Å². The number of non-ortho nitro benzene ring substituents is 1. The van der Waals surface area contributed by atoms with E-state index < -0.39 is 23.4 Å². The van der Waals surface area contributed by atoms with Crippen LogP contribution >= 0.6 is 0 Å². The number of nitrogens with zero attached hydrogens (tertiary/aromatic N) is 4. The summed E-state index contributed by atoms with van der Waals surface area (Å²) in [6, 6.07) is 19.3. The molecular weight excluding hydrogens is 426 g/mol. The molecule has 0 heterocycles. The molecule has 3 aromatic carbocycles. The number of ether oxygens (including phenoxy) is 1. The van der Waals surface area contributed by atoms with Gasteiger partial charge in [-0.3, -0.25) is 14.9 Å². The van der Waals surface area contributed by atoms with E-state index in [2.05, 4.69) is 15.5 Å². The fraction of sp³-hybridized carbons (Fsp3) is 0.130. The van der Waals surface area contributed by atoms with Crippen molar-refractivity contribution in [2.75, 3.05) is 30.9 Å². The summed E-state index contributed by atoms with van der Waals surface area (Å²) in [6.07, 6.45) is 0. The topological polar surface area (TPSA) is 127 Å². The number of nitrogens with one attached hydrogen (secondary N) is 1. The largest absolute Gasteiger partial charge is 0.452 e. The van der Waals surface area contributed by atoms with E-state index in [1.165, 1.54) is 30.3 Å². The van der Waals surface area contributed by atoms with Crippen molar-refractivity contribution >= 4 is 40.3 Å². The lowest BCUT2D eigenvalue weighted by atomic mass is 10.2. The molecule has 0 unspecified atom stereocenters. The first-order valence-corrected chi connectivity index (χ1v) is 9.83. The van der Waals surface area contributed by atoms with Gasteiger partial charge in [0.2, 0.25) is 0 Å². The minimum Gasteiger partial charge on any atom is -0.452 e. The van der Waals surface area contributed by atoms with E-state index in [1.807, 2.05) is 31.1 Å². The van der Waals surface area contributed by atoms with Gasteiger partial charge in [-0.05, 0) is 42.5 Å². The highest BCUT2D eigenvalue weighted by Crippen LogP contribution is 2.24. The second kappa shape index (κ2) is 10.6. The van der Waals surface area contributed by atoms with Crippen LogP contribution in [0.3, 0.4) is 0 Å². The number of esters is 1. The highest BCUT2D eigenvalue weighted by molar-refractivity contribution is 5.98. The summed E-state index contributed by atoms with van der Waals surface area (Å²) in [5.41, 5.74) is 2.12. The van der Waals surface area contributed by atoms with E-state index in [0.29, 0.717) is 11.4 Å². The van der Waals surface area contributed by atoms with Crippen LogP contribution in [0, 0.1) is 10.1 Å². The van der Waals surface area contributed by atoms with Crippen molar-refractivity contribution < 1.29 is 19.2 Å². The maximum absolute atomic E-state index is 12.5. The van der Waals surface area contributed by atoms with Crippen LogP contribution in [0.15, 0.2) is 83.0 Å². The third kappa shape index (κ3) is 6.44. The summed E-state index contributed by atoms with van der Waals surface area (Å²) in [7, 11) is 3.87. The second-order valence-corrected chi connectivity index (χ2v) is 7.06. The fourth-order valence-electron chi connectivity index (χ4n) is 2.77. The van der Waals surface area contributed by atoms with Crippen molar-refractivity contribution in [1.82, 2.24) is 0 Å². The summed E-state index contributed by atoms with van der Waals surface area (Å²) in [4.78, 5) is 36.8. The lowest BCUT2D eigenvalue weighted by molar-refractivity contribution is -0.384. The van der Waals surface area contributed by atoms with Gasteiger partial charge in [-0.15, -0.1) is 5.11 Å². The number of benzene rings is 3. The lowest BCUT2D eigenvalue weighted by Gasteiger charge is -2.11. The standard InChI is InChI=1S/C23H21N5O5/c1-27(2)18-12-10-16(11-13-18)25-26-21-9-4-3-8-20(21)23(30)33-15-22(29)24-17-6-5-7-19(14-17)28(31)32/h3-14H,15H2,1-2H3,(H,24,29). The Kier molecular flexibility index (Phi) is 7.43. The third-order valence-corrected chi connectivity index (χ3v) is 4.44. The molecule has 0 radical (unpaired) electrons. The highest BCUT2D eigenvalue weighted by atomic mass is 16.6. The van der Waals surface area contributed by atoms with Gasteiger partial charge in [0.1, 0.15) is 5.69 Å². The Bertz CT molecular complexity index is 1190. The monoisotopic (exact) mass is 447 g/mol. The Hall–Kier alpha value is -4.60. The van der Waals surface area contributed by atoms with Gasteiger partial charge < -0.3 is 15.0 Å². The number of hydrogen-bond acceptors (Lipinski definition) is 8. The molecule has 0 aliphatic carbocycles. The number of nitro groups is 1. The van der Waals surface area contributed by atoms with Gasteiger partial charge in [0.15, 0.2) is 6.61 Å². The predicted molar refractivity (Wildman–Crippen MR) is 123 cm³/mol. The molecule has 0 aliphatic heterocycles. The molecule has 0 saturated carbocycles. The van der Waals surface area contributed by atoms with Gasteiger partial charge in [-0.1, -0.05) is 18.2 Å². The van der Waals surface area contributed by atoms with Crippen LogP contribution < -0.4 is 10.2 Å². The van der Waals surface area contributed by atoms with E-state index in [-0.39, 0.29) is 16.9 Å². The molecule has 1 N–H and O–H groups in total. The Balaban J connectivity index is 1.63. The zero-order chi connectivity index (χ0) is 23.8. The summed E-state index contributed by atoms with van der Waals surface area (Å²) < 4.78 is 5.08. The molecule has 0 atom stereocenters. The average molecular weight is 447 g/mol. The van der Waals surface area contributed by atoms with E-state index in [9.17, 15) is 19.7 Å². The van der Waals surface area contributed by atoms with E-state index in [1.54, 1.807) is 30.3 Å². The van der Waals surface area contributed by atoms with Gasteiger partial charge in [0.05, 0.1) is 16.2 Å². The van der Waals surface area contributed by atoms with Crippen LogP contribution in [-0.4, -0.2) is 37.5 Å². The van der Waals surface area contributed by atoms with Crippen LogP contribution in [-0.2, 0) is 9.53 Å². The molecule has 10 nitrogen and oxygen atoms in total. The summed E-state index contributed by atoms with van der Waals surface area (Å²) >= 11 is 0. The average Bonchev–Trinajstić information content (AvgIpc) is 2.81. The van der Waals surface area contributed by atoms with Crippen molar-refractivity contribution in [3.8, 4) is 0 Å². The van der Waals surface area contributed by atoms with Crippen LogP contribution in [0.4, 0.5) is 28.4 Å². The number of carbonyl (C=O) groups is 2. The van der Waals surface area contributed by atoms with E-state index >= 15 is 0 Å². The molecule has 3 rings (SSSR count). The number of hydrogen-bond donors (Lipinski definition) is 1. The SMILES string of the molecule is CN(C)c1ccc(N=Nc2ccccc2C(=O)OCC(=O)Nc2cccc([N+](=O)[O-])c2)cc1. The number of rotatable bonds is 8. The van der Waals surface area contributed by atoms with Gasteiger partial charge in [0, 0.05) is 37.6 Å². The number of carbonyl (C=O) groups excluding carboxylic acids is 2. The van der Waals surface area contributed by atoms with Crippen molar-refractivity contribution in [1.29, 1.82) is 0 Å². The van der Waals surface area contributed by atoms with Crippen molar-refractivity contribution in [2.45, 2.75) is 0 Å². The molecule has 10 heteroatoms. The first-order valence-electron chi connectivity index (χ1n) is 9.83. The minimum atomic E-state index is -0.748. The zero-order valence-corrected chi connectivity index (χ0v) is 18.0. The maximum Gasteiger partial charge on any atom is 0.340 e. The zero-order valence-electron chi connectivity index (χ0n) is 18.0. The summed E-state index contributed by atoms with van der Waals surface area (Å²) in [5, 5.41) is 21.6. The molecule has 33 heavy (non-hydrogen) atoms. The molecule has 0 aliphatic rings. The molecular formula is C23H21N5O5. The Labute approximate surface area is 189 Å². The molecule has 0 saturated heterocycles. The van der Waals surface area contributed by atoms with Crippen LogP contribution in [0.2, 0.25) is 0 Å². The summed E-state index contributed by atoms with van der Waals surface area (Å²) in [5.74, 6) is -1.38. The molecule has 0 fully saturated rings. The first kappa shape index (κ1) is 23.1. The van der Waals surface area contributed by atoms with Gasteiger partial charge in [-0.25, -0.2) is 4.79 Å². The Morgan fingerprint density at radius 2 is 1.73 bits per heavy atom. The maximum atomic E-state index is 12.5. The molecule has 3 aromatic rings. The number of amides is 1. The van der Waals surface area contributed by atoms with Crippen LogP contribution in [0.1, 0.15) is 10.4 Å². The number of nitro benzene ring substituents is 1. The second-order valence-electron chi connectivity index (χ2n) is 7.06. The molecule has 168 valence electrons. The molecule has 1 amide bonds. The van der Waals surface area contributed by atoms with Gasteiger partial charge >= 0.3 is 5.97 Å². The quantitative estimate of drug-likeness (QED) is 0.227. The van der Waals surface area contributed by atoms with Gasteiger partial charge in [0.25, 0.3) is 11.6 Å². The highest BCUT2D eigenvalue weighted by Gasteiger charge is 2.15. The van der Waals surface area contributed by atoms with Crippen molar-refractivity contribution in [3.05, 3.63) is 88.5 Å². The lowest BCUT2D eigenvalue weighted by Crippen LogP contribution is -2.21. The predicted octanol–water partition coefficient (Wildman–Crippen LogP) is 4.87. The normalized spacial score (nSPS) is 10.6. The van der Waals surface area contributed by atoms with E-state index in [0.717, 1.165) is 5.69 Å². The molecule has 0 aromatic heterocycles. The van der Waals surface area contributed by atoms with Gasteiger partial charge in [-0.2, -0.15) is 5.11 Å². The molecule has 0 bridgehead atoms.